The van der Waals surface area contributed by atoms with E-state index in [0.29, 0.717) is 12.3 Å². The molecule has 1 aliphatic rings. The first-order chi connectivity index (χ1) is 13.4. The Morgan fingerprint density at radius 3 is 2.75 bits per heavy atom. The fraction of sp³-hybridized carbons (Fsp3) is 0.524. The van der Waals surface area contributed by atoms with Crippen LogP contribution in [0.25, 0.3) is 0 Å². The molecule has 28 heavy (non-hydrogen) atoms. The van der Waals surface area contributed by atoms with Crippen molar-refractivity contribution in [2.45, 2.75) is 65.5 Å². The third-order valence-electron chi connectivity index (χ3n) is 5.09. The molecule has 1 aliphatic heterocycles. The molecule has 1 aromatic carbocycles. The monoisotopic (exact) mass is 388 g/mol. The zero-order chi connectivity index (χ0) is 20.3. The normalized spacial score (nSPS) is 17.5. The lowest BCUT2D eigenvalue weighted by atomic mass is 9.99. The van der Waals surface area contributed by atoms with Gasteiger partial charge in [0.15, 0.2) is 0 Å². The van der Waals surface area contributed by atoms with Crippen LogP contribution in [0, 0.1) is 19.7 Å². The number of nitrogens with one attached hydrogen (secondary N) is 2. The largest absolute Gasteiger partial charge is 0.491 e. The van der Waals surface area contributed by atoms with E-state index in [1.54, 1.807) is 12.1 Å². The van der Waals surface area contributed by atoms with Crippen LogP contribution in [0.15, 0.2) is 18.2 Å². The van der Waals surface area contributed by atoms with Gasteiger partial charge >= 0.3 is 6.03 Å². The Kier molecular flexibility index (Phi) is 6.21. The van der Waals surface area contributed by atoms with Crippen LogP contribution >= 0.6 is 0 Å². The summed E-state index contributed by atoms with van der Waals surface area (Å²) in [6.07, 6.45) is 3.89. The first-order valence-corrected chi connectivity index (χ1v) is 9.92. The maximum Gasteiger partial charge on any atom is 0.322 e. The standard InChI is InChI=1S/C21H29FN4O2/c1-13(2)28-16-9-10-18(17(22)12-16)23-21(27)26-11-7-5-6-8-19(26)20-14(3)24-25-15(20)4/h9-10,12-13,19H,5-8,11H2,1-4H3,(H,23,27)(H,24,25). The average molecular weight is 388 g/mol. The molecule has 0 spiro atoms. The van der Waals surface area contributed by atoms with Gasteiger partial charge in [0.2, 0.25) is 0 Å². The van der Waals surface area contributed by atoms with Crippen molar-refractivity contribution in [2.24, 2.45) is 0 Å². The van der Waals surface area contributed by atoms with Crippen LogP contribution in [0.2, 0.25) is 0 Å². The Morgan fingerprint density at radius 1 is 1.32 bits per heavy atom. The van der Waals surface area contributed by atoms with Crippen LogP contribution in [0.1, 0.15) is 62.5 Å². The smallest absolute Gasteiger partial charge is 0.322 e. The van der Waals surface area contributed by atoms with E-state index >= 15 is 0 Å². The van der Waals surface area contributed by atoms with Gasteiger partial charge < -0.3 is 15.0 Å². The quantitative estimate of drug-likeness (QED) is 0.765. The second kappa shape index (κ2) is 8.63. The Bertz CT molecular complexity index is 814. The maximum absolute atomic E-state index is 14.5. The van der Waals surface area contributed by atoms with E-state index < -0.39 is 5.82 Å². The van der Waals surface area contributed by atoms with Crippen LogP contribution in [0.3, 0.4) is 0 Å². The van der Waals surface area contributed by atoms with Gasteiger partial charge in [-0.1, -0.05) is 12.8 Å². The molecule has 7 heteroatoms. The van der Waals surface area contributed by atoms with Crippen molar-refractivity contribution >= 4 is 11.7 Å². The summed E-state index contributed by atoms with van der Waals surface area (Å²) >= 11 is 0. The van der Waals surface area contributed by atoms with Gasteiger partial charge in [-0.2, -0.15) is 5.10 Å². The molecule has 1 atom stereocenters. The van der Waals surface area contributed by atoms with Gasteiger partial charge in [0, 0.05) is 23.9 Å². The van der Waals surface area contributed by atoms with Crippen molar-refractivity contribution in [2.75, 3.05) is 11.9 Å². The molecule has 0 bridgehead atoms. The zero-order valence-corrected chi connectivity index (χ0v) is 17.0. The van der Waals surface area contributed by atoms with E-state index in [4.69, 9.17) is 4.74 Å². The number of hydrogen-bond acceptors (Lipinski definition) is 3. The molecule has 0 saturated carbocycles. The number of H-pyrrole nitrogens is 1. The summed E-state index contributed by atoms with van der Waals surface area (Å²) in [6, 6.07) is 4.17. The number of urea groups is 1. The molecule has 1 aromatic heterocycles. The predicted molar refractivity (Wildman–Crippen MR) is 107 cm³/mol. The first kappa shape index (κ1) is 20.2. The van der Waals surface area contributed by atoms with Gasteiger partial charge in [0.05, 0.1) is 23.5 Å². The van der Waals surface area contributed by atoms with E-state index in [2.05, 4.69) is 15.5 Å². The number of anilines is 1. The second-order valence-corrected chi connectivity index (χ2v) is 7.64. The minimum absolute atomic E-state index is 0.0425. The van der Waals surface area contributed by atoms with Crippen LogP contribution in [-0.2, 0) is 0 Å². The summed E-state index contributed by atoms with van der Waals surface area (Å²) in [4.78, 5) is 14.9. The molecular formula is C21H29FN4O2. The molecule has 1 fully saturated rings. The zero-order valence-electron chi connectivity index (χ0n) is 17.0. The fourth-order valence-electron chi connectivity index (χ4n) is 3.83. The van der Waals surface area contributed by atoms with Crippen LogP contribution in [0.4, 0.5) is 14.9 Å². The molecule has 1 unspecified atom stereocenters. The lowest BCUT2D eigenvalue weighted by Gasteiger charge is -2.30. The first-order valence-electron chi connectivity index (χ1n) is 9.92. The lowest BCUT2D eigenvalue weighted by molar-refractivity contribution is 0.189. The summed E-state index contributed by atoms with van der Waals surface area (Å²) in [5, 5.41) is 10.0. The average Bonchev–Trinajstić information content (AvgIpc) is 2.83. The molecule has 6 nitrogen and oxygen atoms in total. The Morgan fingerprint density at radius 2 is 2.11 bits per heavy atom. The Balaban J connectivity index is 1.81. The predicted octanol–water partition coefficient (Wildman–Crippen LogP) is 5.10. The number of ether oxygens (including phenoxy) is 1. The molecule has 0 radical (unpaired) electrons. The summed E-state index contributed by atoms with van der Waals surface area (Å²) < 4.78 is 20.0. The highest BCUT2D eigenvalue weighted by molar-refractivity contribution is 5.90. The van der Waals surface area contributed by atoms with Crippen molar-refractivity contribution < 1.29 is 13.9 Å². The molecule has 2 heterocycles. The number of likely N-dealkylation sites (tertiary alicyclic amines) is 1. The lowest BCUT2D eigenvalue weighted by Crippen LogP contribution is -2.38. The third kappa shape index (κ3) is 4.46. The molecular weight excluding hydrogens is 359 g/mol. The van der Waals surface area contributed by atoms with Gasteiger partial charge in [-0.25, -0.2) is 9.18 Å². The van der Waals surface area contributed by atoms with E-state index in [-0.39, 0.29) is 23.9 Å². The number of amides is 2. The molecule has 2 N–H and O–H groups in total. The highest BCUT2D eigenvalue weighted by atomic mass is 19.1. The van der Waals surface area contributed by atoms with Crippen molar-refractivity contribution in [3.8, 4) is 5.75 Å². The van der Waals surface area contributed by atoms with Gasteiger partial charge in [-0.15, -0.1) is 0 Å². The van der Waals surface area contributed by atoms with Gasteiger partial charge in [0.25, 0.3) is 0 Å². The fourth-order valence-corrected chi connectivity index (χ4v) is 3.83. The second-order valence-electron chi connectivity index (χ2n) is 7.64. The number of hydrogen-bond donors (Lipinski definition) is 2. The number of aryl methyl sites for hydroxylation is 2. The van der Waals surface area contributed by atoms with Crippen molar-refractivity contribution in [1.82, 2.24) is 15.1 Å². The van der Waals surface area contributed by atoms with Gasteiger partial charge in [-0.3, -0.25) is 5.10 Å². The highest BCUT2D eigenvalue weighted by Gasteiger charge is 2.30. The van der Waals surface area contributed by atoms with E-state index in [9.17, 15) is 9.18 Å². The number of nitrogens with zero attached hydrogens (tertiary/aromatic N) is 2. The Labute approximate surface area is 165 Å². The molecule has 1 saturated heterocycles. The summed E-state index contributed by atoms with van der Waals surface area (Å²) in [5.74, 6) is -0.0589. The molecule has 152 valence electrons. The molecule has 3 rings (SSSR count). The molecule has 2 aromatic rings. The number of carbonyl (C=O) groups excluding carboxylic acids is 1. The van der Waals surface area contributed by atoms with Crippen LogP contribution in [0.5, 0.6) is 5.75 Å². The minimum Gasteiger partial charge on any atom is -0.491 e. The van der Waals surface area contributed by atoms with E-state index in [1.165, 1.54) is 6.07 Å². The highest BCUT2D eigenvalue weighted by Crippen LogP contribution is 2.34. The summed E-state index contributed by atoms with van der Waals surface area (Å²) in [5.41, 5.74) is 3.11. The number of aromatic amines is 1. The number of halogens is 1. The SMILES string of the molecule is Cc1n[nH]c(C)c1C1CCCCCN1C(=O)Nc1ccc(OC(C)C)cc1F. The number of aromatic nitrogens is 2. The topological polar surface area (TPSA) is 70.2 Å². The van der Waals surface area contributed by atoms with Crippen molar-refractivity contribution in [3.05, 3.63) is 41.0 Å². The van der Waals surface area contributed by atoms with E-state index in [1.807, 2.05) is 32.6 Å². The molecule has 2 amide bonds. The number of carbonyl (C=O) groups is 1. The third-order valence-corrected chi connectivity index (χ3v) is 5.09. The van der Waals surface area contributed by atoms with E-state index in [0.717, 1.165) is 42.6 Å². The maximum atomic E-state index is 14.5. The minimum atomic E-state index is -0.506. The van der Waals surface area contributed by atoms with Crippen LogP contribution < -0.4 is 10.1 Å². The van der Waals surface area contributed by atoms with Crippen LogP contribution in [-0.4, -0.2) is 33.8 Å². The van der Waals surface area contributed by atoms with Gasteiger partial charge in [-0.05, 0) is 52.7 Å². The number of benzene rings is 1. The van der Waals surface area contributed by atoms with Gasteiger partial charge in [0.1, 0.15) is 11.6 Å². The molecule has 0 aliphatic carbocycles. The summed E-state index contributed by atoms with van der Waals surface area (Å²) in [6.45, 7) is 8.33. The van der Waals surface area contributed by atoms with Crippen molar-refractivity contribution in [1.29, 1.82) is 0 Å². The summed E-state index contributed by atoms with van der Waals surface area (Å²) in [7, 11) is 0. The van der Waals surface area contributed by atoms with Crippen molar-refractivity contribution in [3.63, 3.8) is 0 Å². The number of rotatable bonds is 4. The Hall–Kier alpha value is -2.57.